The number of nitrogens with zero attached hydrogens (tertiary/aromatic N) is 5. The number of fused-ring (bicyclic) bond motifs is 1. The third kappa shape index (κ3) is 2.51. The van der Waals surface area contributed by atoms with Gasteiger partial charge in [0.25, 0.3) is 11.9 Å². The lowest BCUT2D eigenvalue weighted by atomic mass is 10.1. The van der Waals surface area contributed by atoms with Crippen molar-refractivity contribution < 1.29 is 4.79 Å². The summed E-state index contributed by atoms with van der Waals surface area (Å²) in [5.41, 5.74) is 2.66. The Kier molecular flexibility index (Phi) is 3.43. The predicted octanol–water partition coefficient (Wildman–Crippen LogP) is 1.15. The van der Waals surface area contributed by atoms with E-state index in [0.717, 1.165) is 24.6 Å². The Morgan fingerprint density at radius 2 is 2.24 bits per heavy atom. The SMILES string of the molecule is CCN1CNc2ccc(C(=O)Nc3nnn(CC)n3)cc21. The second-order valence-corrected chi connectivity index (χ2v) is 4.68. The maximum Gasteiger partial charge on any atom is 0.270 e. The van der Waals surface area contributed by atoms with Crippen LogP contribution in [0.25, 0.3) is 0 Å². The predicted molar refractivity (Wildman–Crippen MR) is 79.4 cm³/mol. The Labute approximate surface area is 122 Å². The largest absolute Gasteiger partial charge is 0.366 e. The zero-order valence-corrected chi connectivity index (χ0v) is 12.0. The smallest absolute Gasteiger partial charge is 0.270 e. The third-order valence-electron chi connectivity index (χ3n) is 3.40. The molecule has 0 radical (unpaired) electrons. The minimum Gasteiger partial charge on any atom is -0.366 e. The number of carbonyl (C=O) groups is 1. The fourth-order valence-electron chi connectivity index (χ4n) is 2.23. The lowest BCUT2D eigenvalue weighted by molar-refractivity contribution is 0.102. The van der Waals surface area contributed by atoms with Gasteiger partial charge in [-0.2, -0.15) is 4.80 Å². The summed E-state index contributed by atoms with van der Waals surface area (Å²) in [5.74, 6) is -0.0239. The molecule has 0 bridgehead atoms. The average molecular weight is 287 g/mol. The fraction of sp³-hybridized carbons (Fsp3) is 0.385. The highest BCUT2D eigenvalue weighted by Gasteiger charge is 2.19. The second kappa shape index (κ2) is 5.39. The van der Waals surface area contributed by atoms with Gasteiger partial charge in [-0.3, -0.25) is 10.1 Å². The molecule has 3 rings (SSSR count). The van der Waals surface area contributed by atoms with Gasteiger partial charge in [-0.15, -0.1) is 5.10 Å². The summed E-state index contributed by atoms with van der Waals surface area (Å²) >= 11 is 0. The van der Waals surface area contributed by atoms with Crippen LogP contribution in [0.3, 0.4) is 0 Å². The number of rotatable bonds is 4. The van der Waals surface area contributed by atoms with E-state index in [4.69, 9.17) is 0 Å². The summed E-state index contributed by atoms with van der Waals surface area (Å²) < 4.78 is 0. The van der Waals surface area contributed by atoms with Crippen LogP contribution in [0.5, 0.6) is 0 Å². The van der Waals surface area contributed by atoms with Gasteiger partial charge >= 0.3 is 0 Å². The van der Waals surface area contributed by atoms with Crippen molar-refractivity contribution in [1.29, 1.82) is 0 Å². The number of aryl methyl sites for hydroxylation is 1. The van der Waals surface area contributed by atoms with E-state index in [-0.39, 0.29) is 11.9 Å². The third-order valence-corrected chi connectivity index (χ3v) is 3.40. The molecular formula is C13H17N7O. The van der Waals surface area contributed by atoms with Gasteiger partial charge in [0, 0.05) is 12.1 Å². The molecule has 8 nitrogen and oxygen atoms in total. The van der Waals surface area contributed by atoms with Crippen LogP contribution in [0, 0.1) is 0 Å². The molecule has 0 atom stereocenters. The van der Waals surface area contributed by atoms with Gasteiger partial charge in [-0.25, -0.2) is 0 Å². The molecule has 0 aliphatic carbocycles. The Morgan fingerprint density at radius 3 is 2.95 bits per heavy atom. The molecule has 0 unspecified atom stereocenters. The molecule has 1 amide bonds. The van der Waals surface area contributed by atoms with E-state index in [1.54, 1.807) is 6.07 Å². The Morgan fingerprint density at radius 1 is 1.38 bits per heavy atom. The van der Waals surface area contributed by atoms with Crippen molar-refractivity contribution in [2.24, 2.45) is 0 Å². The molecule has 1 aliphatic rings. The Balaban J connectivity index is 1.79. The number of hydrogen-bond acceptors (Lipinski definition) is 6. The fourth-order valence-corrected chi connectivity index (χ4v) is 2.23. The molecule has 0 fully saturated rings. The van der Waals surface area contributed by atoms with E-state index in [1.165, 1.54) is 4.80 Å². The molecule has 2 aromatic rings. The Bertz CT molecular complexity index is 666. The number of carbonyl (C=O) groups excluding carboxylic acids is 1. The summed E-state index contributed by atoms with van der Waals surface area (Å²) in [6.45, 7) is 6.25. The molecule has 21 heavy (non-hydrogen) atoms. The highest BCUT2D eigenvalue weighted by molar-refractivity contribution is 6.04. The van der Waals surface area contributed by atoms with Gasteiger partial charge in [0.2, 0.25) is 0 Å². The lowest BCUT2D eigenvalue weighted by Crippen LogP contribution is -2.22. The number of benzene rings is 1. The molecule has 0 saturated heterocycles. The van der Waals surface area contributed by atoms with E-state index in [0.29, 0.717) is 12.1 Å². The van der Waals surface area contributed by atoms with Crippen molar-refractivity contribution in [2.45, 2.75) is 20.4 Å². The molecule has 110 valence electrons. The lowest BCUT2D eigenvalue weighted by Gasteiger charge is -2.15. The number of nitrogens with one attached hydrogen (secondary N) is 2. The van der Waals surface area contributed by atoms with Crippen molar-refractivity contribution in [2.75, 3.05) is 28.7 Å². The summed E-state index contributed by atoms with van der Waals surface area (Å²) in [5, 5.41) is 17.6. The van der Waals surface area contributed by atoms with Gasteiger partial charge < -0.3 is 10.2 Å². The van der Waals surface area contributed by atoms with Gasteiger partial charge in [0.15, 0.2) is 0 Å². The van der Waals surface area contributed by atoms with Crippen molar-refractivity contribution in [3.05, 3.63) is 23.8 Å². The molecule has 1 aromatic heterocycles. The second-order valence-electron chi connectivity index (χ2n) is 4.68. The molecule has 2 heterocycles. The first-order valence-corrected chi connectivity index (χ1v) is 6.93. The summed E-state index contributed by atoms with van der Waals surface area (Å²) in [6.07, 6.45) is 0. The topological polar surface area (TPSA) is 88.0 Å². The maximum atomic E-state index is 12.2. The number of anilines is 3. The number of hydrogen-bond donors (Lipinski definition) is 2. The van der Waals surface area contributed by atoms with E-state index in [1.807, 2.05) is 19.1 Å². The van der Waals surface area contributed by atoms with Crippen LogP contribution in [0.15, 0.2) is 18.2 Å². The maximum absolute atomic E-state index is 12.2. The van der Waals surface area contributed by atoms with Gasteiger partial charge in [-0.05, 0) is 37.3 Å². The van der Waals surface area contributed by atoms with E-state index in [9.17, 15) is 4.79 Å². The molecule has 0 saturated carbocycles. The van der Waals surface area contributed by atoms with Crippen molar-refractivity contribution in [1.82, 2.24) is 20.2 Å². The summed E-state index contributed by atoms with van der Waals surface area (Å²) in [6, 6.07) is 5.57. The summed E-state index contributed by atoms with van der Waals surface area (Å²) in [4.78, 5) is 15.8. The summed E-state index contributed by atoms with van der Waals surface area (Å²) in [7, 11) is 0. The van der Waals surface area contributed by atoms with E-state index < -0.39 is 0 Å². The average Bonchev–Trinajstić information content (AvgIpc) is 3.12. The molecule has 0 spiro atoms. The Hall–Kier alpha value is -2.64. The van der Waals surface area contributed by atoms with Crippen molar-refractivity contribution in [3.8, 4) is 0 Å². The minimum absolute atomic E-state index is 0.216. The number of aromatic nitrogens is 4. The van der Waals surface area contributed by atoms with E-state index in [2.05, 4.69) is 37.9 Å². The first-order chi connectivity index (χ1) is 10.2. The highest BCUT2D eigenvalue weighted by atomic mass is 16.1. The van der Waals surface area contributed by atoms with Crippen molar-refractivity contribution >= 4 is 23.2 Å². The van der Waals surface area contributed by atoms with Gasteiger partial charge in [0.05, 0.1) is 24.6 Å². The molecule has 2 N–H and O–H groups in total. The zero-order valence-electron chi connectivity index (χ0n) is 12.0. The van der Waals surface area contributed by atoms with Crippen LogP contribution in [-0.4, -0.2) is 39.3 Å². The normalized spacial score (nSPS) is 13.0. The van der Waals surface area contributed by atoms with E-state index >= 15 is 0 Å². The highest BCUT2D eigenvalue weighted by Crippen LogP contribution is 2.31. The molecule has 1 aliphatic heterocycles. The van der Waals surface area contributed by atoms with Crippen molar-refractivity contribution in [3.63, 3.8) is 0 Å². The zero-order chi connectivity index (χ0) is 14.8. The number of amides is 1. The molecule has 1 aromatic carbocycles. The van der Waals surface area contributed by atoms with Crippen LogP contribution >= 0.6 is 0 Å². The molecule has 8 heteroatoms. The van der Waals surface area contributed by atoms with Crippen LogP contribution in [0.1, 0.15) is 24.2 Å². The van der Waals surface area contributed by atoms with Crippen LogP contribution in [-0.2, 0) is 6.54 Å². The first kappa shape index (κ1) is 13.3. The standard InChI is InChI=1S/C13H17N7O/c1-3-19-8-14-10-6-5-9(7-11(10)19)12(21)15-13-16-18-20(4-2)17-13/h5-7,14H,3-4,8H2,1-2H3,(H,15,17,21). The van der Waals surface area contributed by atoms with Crippen LogP contribution in [0.4, 0.5) is 17.3 Å². The van der Waals surface area contributed by atoms with Gasteiger partial charge in [0.1, 0.15) is 0 Å². The monoisotopic (exact) mass is 287 g/mol. The molecular weight excluding hydrogens is 270 g/mol. The van der Waals surface area contributed by atoms with Gasteiger partial charge in [-0.1, -0.05) is 5.10 Å². The minimum atomic E-state index is -0.239. The quantitative estimate of drug-likeness (QED) is 0.877. The van der Waals surface area contributed by atoms with Crippen LogP contribution < -0.4 is 15.5 Å². The number of tetrazole rings is 1. The van der Waals surface area contributed by atoms with Crippen LogP contribution in [0.2, 0.25) is 0 Å². The first-order valence-electron chi connectivity index (χ1n) is 6.93.